The number of hydrogen-bond donors (Lipinski definition) is 1. The second kappa shape index (κ2) is 5.15. The van der Waals surface area contributed by atoms with Crippen molar-refractivity contribution < 1.29 is 4.79 Å². The van der Waals surface area contributed by atoms with Crippen LogP contribution in [0.3, 0.4) is 0 Å². The number of amides is 1. The molecule has 0 aromatic carbocycles. The van der Waals surface area contributed by atoms with Gasteiger partial charge in [-0.2, -0.15) is 0 Å². The zero-order chi connectivity index (χ0) is 10.6. The van der Waals surface area contributed by atoms with Crippen LogP contribution in [0.1, 0.15) is 30.0 Å². The molecule has 3 heteroatoms. The van der Waals surface area contributed by atoms with Crippen LogP contribution in [0.15, 0.2) is 12.1 Å². The van der Waals surface area contributed by atoms with Crippen LogP contribution >= 0.6 is 11.3 Å². The maximum atomic E-state index is 11.3. The molecule has 1 rings (SSSR count). The fourth-order valence-electron chi connectivity index (χ4n) is 1.21. The van der Waals surface area contributed by atoms with Gasteiger partial charge in [0.15, 0.2) is 0 Å². The summed E-state index contributed by atoms with van der Waals surface area (Å²) in [6.07, 6.45) is 0.615. The molecule has 0 atom stereocenters. The Kier molecular flexibility index (Phi) is 4.14. The smallest absolute Gasteiger partial charge is 0.220 e. The monoisotopic (exact) mass is 211 g/mol. The average Bonchev–Trinajstić information content (AvgIpc) is 2.47. The maximum absolute atomic E-state index is 11.3. The van der Waals surface area contributed by atoms with Crippen LogP contribution in [0.2, 0.25) is 0 Å². The molecule has 0 radical (unpaired) electrons. The maximum Gasteiger partial charge on any atom is 0.220 e. The number of nitrogens with one attached hydrogen (secondary N) is 1. The molecular formula is C11H17NOS. The molecule has 78 valence electrons. The minimum absolute atomic E-state index is 0.144. The number of rotatable bonds is 4. The SMILES string of the molecule is Cc1ccc(CNC(=O)CC(C)C)s1. The fraction of sp³-hybridized carbons (Fsp3) is 0.545. The average molecular weight is 211 g/mol. The Morgan fingerprint density at radius 3 is 2.71 bits per heavy atom. The van der Waals surface area contributed by atoms with E-state index in [0.29, 0.717) is 18.9 Å². The highest BCUT2D eigenvalue weighted by molar-refractivity contribution is 7.11. The van der Waals surface area contributed by atoms with Gasteiger partial charge in [0.05, 0.1) is 6.54 Å². The van der Waals surface area contributed by atoms with Crippen molar-refractivity contribution in [1.29, 1.82) is 0 Å². The zero-order valence-electron chi connectivity index (χ0n) is 8.96. The van der Waals surface area contributed by atoms with Crippen LogP contribution in [0.25, 0.3) is 0 Å². The summed E-state index contributed by atoms with van der Waals surface area (Å²) in [5.41, 5.74) is 0. The van der Waals surface area contributed by atoms with Crippen molar-refractivity contribution in [2.75, 3.05) is 0 Å². The van der Waals surface area contributed by atoms with Crippen molar-refractivity contribution in [2.24, 2.45) is 5.92 Å². The Balaban J connectivity index is 2.30. The lowest BCUT2D eigenvalue weighted by Crippen LogP contribution is -2.23. The largest absolute Gasteiger partial charge is 0.351 e. The quantitative estimate of drug-likeness (QED) is 0.815. The van der Waals surface area contributed by atoms with Gasteiger partial charge in [0.25, 0.3) is 0 Å². The first-order chi connectivity index (χ1) is 6.58. The van der Waals surface area contributed by atoms with Crippen LogP contribution in [-0.2, 0) is 11.3 Å². The Hall–Kier alpha value is -0.830. The summed E-state index contributed by atoms with van der Waals surface area (Å²) in [6, 6.07) is 4.14. The van der Waals surface area contributed by atoms with E-state index in [1.54, 1.807) is 11.3 Å². The van der Waals surface area contributed by atoms with Crippen LogP contribution in [0.4, 0.5) is 0 Å². The lowest BCUT2D eigenvalue weighted by atomic mass is 10.1. The third-order valence-electron chi connectivity index (χ3n) is 1.85. The molecule has 0 bridgehead atoms. The van der Waals surface area contributed by atoms with Crippen molar-refractivity contribution >= 4 is 17.2 Å². The Morgan fingerprint density at radius 1 is 1.50 bits per heavy atom. The van der Waals surface area contributed by atoms with E-state index in [4.69, 9.17) is 0 Å². The molecule has 0 fully saturated rings. The van der Waals surface area contributed by atoms with E-state index >= 15 is 0 Å². The van der Waals surface area contributed by atoms with Crippen molar-refractivity contribution in [3.05, 3.63) is 21.9 Å². The summed E-state index contributed by atoms with van der Waals surface area (Å²) in [5.74, 6) is 0.575. The minimum atomic E-state index is 0.144. The molecule has 0 unspecified atom stereocenters. The molecule has 1 heterocycles. The summed E-state index contributed by atoms with van der Waals surface area (Å²) in [7, 11) is 0. The van der Waals surface area contributed by atoms with Gasteiger partial charge in [-0.05, 0) is 25.0 Å². The highest BCUT2D eigenvalue weighted by Gasteiger charge is 2.04. The minimum Gasteiger partial charge on any atom is -0.351 e. The van der Waals surface area contributed by atoms with Gasteiger partial charge in [-0.1, -0.05) is 13.8 Å². The van der Waals surface area contributed by atoms with E-state index in [2.05, 4.69) is 38.2 Å². The van der Waals surface area contributed by atoms with Gasteiger partial charge in [0.2, 0.25) is 5.91 Å². The van der Waals surface area contributed by atoms with Crippen LogP contribution in [0, 0.1) is 12.8 Å². The molecule has 0 saturated carbocycles. The third kappa shape index (κ3) is 3.92. The normalized spacial score (nSPS) is 10.6. The lowest BCUT2D eigenvalue weighted by Gasteiger charge is -2.05. The molecule has 14 heavy (non-hydrogen) atoms. The molecule has 0 aliphatic carbocycles. The fourth-order valence-corrected chi connectivity index (χ4v) is 2.04. The van der Waals surface area contributed by atoms with Crippen LogP contribution < -0.4 is 5.32 Å². The highest BCUT2D eigenvalue weighted by atomic mass is 32.1. The summed E-state index contributed by atoms with van der Waals surface area (Å²) in [4.78, 5) is 13.8. The van der Waals surface area contributed by atoms with Crippen molar-refractivity contribution in [2.45, 2.75) is 33.7 Å². The van der Waals surface area contributed by atoms with Crippen LogP contribution in [-0.4, -0.2) is 5.91 Å². The molecule has 0 spiro atoms. The first kappa shape index (κ1) is 11.2. The van der Waals surface area contributed by atoms with E-state index < -0.39 is 0 Å². The third-order valence-corrected chi connectivity index (χ3v) is 2.85. The molecular weight excluding hydrogens is 194 g/mol. The van der Waals surface area contributed by atoms with Gasteiger partial charge in [-0.3, -0.25) is 4.79 Å². The Labute approximate surface area is 89.3 Å². The van der Waals surface area contributed by atoms with E-state index in [9.17, 15) is 4.79 Å². The molecule has 0 aliphatic heterocycles. The second-order valence-corrected chi connectivity index (χ2v) is 5.26. The number of thiophene rings is 1. The number of aryl methyl sites for hydroxylation is 1. The van der Waals surface area contributed by atoms with E-state index in [1.165, 1.54) is 9.75 Å². The molecule has 1 aromatic rings. The van der Waals surface area contributed by atoms with Crippen molar-refractivity contribution in [3.8, 4) is 0 Å². The topological polar surface area (TPSA) is 29.1 Å². The molecule has 1 aromatic heterocycles. The van der Waals surface area contributed by atoms with E-state index in [-0.39, 0.29) is 5.91 Å². The van der Waals surface area contributed by atoms with Crippen molar-refractivity contribution in [3.63, 3.8) is 0 Å². The molecule has 1 amide bonds. The standard InChI is InChI=1S/C11H17NOS/c1-8(2)6-11(13)12-7-10-5-4-9(3)14-10/h4-5,8H,6-7H2,1-3H3,(H,12,13). The van der Waals surface area contributed by atoms with E-state index in [1.807, 2.05) is 0 Å². The molecule has 2 nitrogen and oxygen atoms in total. The first-order valence-electron chi connectivity index (χ1n) is 4.90. The van der Waals surface area contributed by atoms with Gasteiger partial charge in [0, 0.05) is 16.2 Å². The molecule has 1 N–H and O–H groups in total. The zero-order valence-corrected chi connectivity index (χ0v) is 9.78. The van der Waals surface area contributed by atoms with E-state index in [0.717, 1.165) is 0 Å². The van der Waals surface area contributed by atoms with Crippen LogP contribution in [0.5, 0.6) is 0 Å². The summed E-state index contributed by atoms with van der Waals surface area (Å²) < 4.78 is 0. The van der Waals surface area contributed by atoms with Gasteiger partial charge >= 0.3 is 0 Å². The predicted octanol–water partition coefficient (Wildman–Crippen LogP) is 2.72. The van der Waals surface area contributed by atoms with Gasteiger partial charge in [-0.25, -0.2) is 0 Å². The van der Waals surface area contributed by atoms with Gasteiger partial charge in [0.1, 0.15) is 0 Å². The Morgan fingerprint density at radius 2 is 2.21 bits per heavy atom. The Bertz CT molecular complexity index is 304. The molecule has 0 aliphatic rings. The van der Waals surface area contributed by atoms with Gasteiger partial charge < -0.3 is 5.32 Å². The van der Waals surface area contributed by atoms with Gasteiger partial charge in [-0.15, -0.1) is 11.3 Å². The predicted molar refractivity (Wildman–Crippen MR) is 60.4 cm³/mol. The number of carbonyl (C=O) groups excluding carboxylic acids is 1. The summed E-state index contributed by atoms with van der Waals surface area (Å²) in [6.45, 7) is 6.85. The number of carbonyl (C=O) groups is 1. The summed E-state index contributed by atoms with van der Waals surface area (Å²) >= 11 is 1.73. The first-order valence-corrected chi connectivity index (χ1v) is 5.71. The second-order valence-electron chi connectivity index (χ2n) is 3.89. The highest BCUT2D eigenvalue weighted by Crippen LogP contribution is 2.14. The summed E-state index contributed by atoms with van der Waals surface area (Å²) in [5, 5.41) is 2.92. The van der Waals surface area contributed by atoms with Crippen molar-refractivity contribution in [1.82, 2.24) is 5.32 Å². The number of hydrogen-bond acceptors (Lipinski definition) is 2. The molecule has 0 saturated heterocycles. The lowest BCUT2D eigenvalue weighted by molar-refractivity contribution is -0.121.